The number of rotatable bonds is 6. The summed E-state index contributed by atoms with van der Waals surface area (Å²) in [5.41, 5.74) is 9.57. The lowest BCUT2D eigenvalue weighted by Gasteiger charge is -2.17. The van der Waals surface area contributed by atoms with Crippen LogP contribution >= 0.6 is 0 Å². The maximum absolute atomic E-state index is 4.96. The van der Waals surface area contributed by atoms with Crippen LogP contribution in [0.25, 0.3) is 99.9 Å². The Morgan fingerprint density at radius 1 is 0.259 bits per heavy atom. The van der Waals surface area contributed by atoms with Gasteiger partial charge in [0.05, 0.1) is 0 Å². The molecule has 3 aromatic heterocycles. The zero-order chi connectivity index (χ0) is 35.8. The van der Waals surface area contributed by atoms with E-state index in [9.17, 15) is 0 Å². The molecule has 0 aliphatic rings. The van der Waals surface area contributed by atoms with Crippen molar-refractivity contribution in [3.8, 4) is 67.5 Å². The van der Waals surface area contributed by atoms with Crippen molar-refractivity contribution in [2.75, 3.05) is 0 Å². The molecule has 0 saturated heterocycles. The molecule has 0 aliphatic carbocycles. The Morgan fingerprint density at radius 2 is 0.704 bits per heavy atom. The minimum atomic E-state index is 0.589. The quantitative estimate of drug-likeness (QED) is 0.163. The van der Waals surface area contributed by atoms with Crippen LogP contribution in [0.1, 0.15) is 0 Å². The van der Waals surface area contributed by atoms with Gasteiger partial charge in [0.1, 0.15) is 0 Å². The first-order chi connectivity index (χ1) is 26.8. The smallest absolute Gasteiger partial charge is 0.164 e. The molecule has 0 amide bonds. The van der Waals surface area contributed by atoms with E-state index in [0.717, 1.165) is 33.4 Å². The van der Waals surface area contributed by atoms with Gasteiger partial charge in [0.2, 0.25) is 0 Å². The molecule has 0 atom stereocenters. The average Bonchev–Trinajstić information content (AvgIpc) is 3.27. The Labute approximate surface area is 312 Å². The molecular formula is C49H31N5. The zero-order valence-corrected chi connectivity index (χ0v) is 29.1. The van der Waals surface area contributed by atoms with Crippen molar-refractivity contribution in [2.45, 2.75) is 0 Å². The summed E-state index contributed by atoms with van der Waals surface area (Å²) in [5.74, 6) is 1.78. The van der Waals surface area contributed by atoms with Crippen molar-refractivity contribution in [2.24, 2.45) is 0 Å². The van der Waals surface area contributed by atoms with E-state index in [0.29, 0.717) is 17.5 Å². The fraction of sp³-hybridized carbons (Fsp3) is 0. The van der Waals surface area contributed by atoms with E-state index in [2.05, 4.69) is 149 Å². The molecule has 252 valence electrons. The van der Waals surface area contributed by atoms with Crippen molar-refractivity contribution >= 4 is 32.3 Å². The highest BCUT2D eigenvalue weighted by Crippen LogP contribution is 2.43. The van der Waals surface area contributed by atoms with Crippen LogP contribution in [0.2, 0.25) is 0 Å². The van der Waals surface area contributed by atoms with Gasteiger partial charge in [-0.2, -0.15) is 0 Å². The van der Waals surface area contributed by atoms with E-state index in [1.54, 1.807) is 24.8 Å². The molecule has 0 N–H and O–H groups in total. The lowest BCUT2D eigenvalue weighted by atomic mass is 9.86. The van der Waals surface area contributed by atoms with Crippen molar-refractivity contribution < 1.29 is 0 Å². The minimum Gasteiger partial charge on any atom is -0.265 e. The molecule has 10 aromatic rings. The molecule has 0 unspecified atom stereocenters. The largest absolute Gasteiger partial charge is 0.265 e. The van der Waals surface area contributed by atoms with Gasteiger partial charge in [0.25, 0.3) is 0 Å². The average molecular weight is 690 g/mol. The summed E-state index contributed by atoms with van der Waals surface area (Å²) >= 11 is 0. The fourth-order valence-electron chi connectivity index (χ4n) is 7.53. The molecular weight excluding hydrogens is 659 g/mol. The summed E-state index contributed by atoms with van der Waals surface area (Å²) in [6.45, 7) is 0. The van der Waals surface area contributed by atoms with E-state index < -0.39 is 0 Å². The van der Waals surface area contributed by atoms with Gasteiger partial charge in [-0.05, 0) is 114 Å². The van der Waals surface area contributed by atoms with E-state index in [-0.39, 0.29) is 0 Å². The highest BCUT2D eigenvalue weighted by molar-refractivity contribution is 6.29. The Morgan fingerprint density at radius 3 is 1.31 bits per heavy atom. The zero-order valence-electron chi connectivity index (χ0n) is 29.1. The first-order valence-electron chi connectivity index (χ1n) is 18.0. The summed E-state index contributed by atoms with van der Waals surface area (Å²) in [6.07, 6.45) is 7.01. The van der Waals surface area contributed by atoms with Gasteiger partial charge in [0, 0.05) is 41.5 Å². The molecule has 0 spiro atoms. The highest BCUT2D eigenvalue weighted by Gasteiger charge is 2.17. The summed E-state index contributed by atoms with van der Waals surface area (Å²) in [5, 5.41) is 7.53. The first-order valence-corrected chi connectivity index (χ1v) is 18.0. The van der Waals surface area contributed by atoms with E-state index >= 15 is 0 Å². The predicted octanol–water partition coefficient (Wildman–Crippen LogP) is 12.1. The monoisotopic (exact) mass is 689 g/mol. The number of benzene rings is 7. The van der Waals surface area contributed by atoms with Crippen LogP contribution in [0.15, 0.2) is 189 Å². The van der Waals surface area contributed by atoms with Gasteiger partial charge < -0.3 is 0 Å². The molecule has 54 heavy (non-hydrogen) atoms. The van der Waals surface area contributed by atoms with E-state index in [1.807, 2.05) is 24.3 Å². The van der Waals surface area contributed by atoms with Gasteiger partial charge >= 0.3 is 0 Å². The van der Waals surface area contributed by atoms with Crippen molar-refractivity contribution in [3.63, 3.8) is 0 Å². The standard InChI is InChI=1S/C49H31N5/c1-2-10-32(11-3-1)39-30-44(46-43-19-7-6-17-41(43)40-16-4-5-18-42(40)45(46)31-39)37-14-8-12-35(28-37)36-13-9-15-38(29-36)49-53-47(33-20-24-50-25-21-33)52-48(54-49)34-22-26-51-27-23-34/h1-31H. The third-order valence-electron chi connectivity index (χ3n) is 10.1. The van der Waals surface area contributed by atoms with Crippen molar-refractivity contribution in [1.29, 1.82) is 0 Å². The molecule has 0 radical (unpaired) electrons. The normalized spacial score (nSPS) is 11.3. The second-order valence-corrected chi connectivity index (χ2v) is 13.3. The van der Waals surface area contributed by atoms with Gasteiger partial charge in [-0.1, -0.05) is 115 Å². The predicted molar refractivity (Wildman–Crippen MR) is 221 cm³/mol. The van der Waals surface area contributed by atoms with Crippen LogP contribution in [0, 0.1) is 0 Å². The van der Waals surface area contributed by atoms with E-state index in [4.69, 9.17) is 15.0 Å². The summed E-state index contributed by atoms with van der Waals surface area (Å²) < 4.78 is 0. The minimum absolute atomic E-state index is 0.589. The van der Waals surface area contributed by atoms with Gasteiger partial charge in [-0.3, -0.25) is 9.97 Å². The second kappa shape index (κ2) is 13.3. The van der Waals surface area contributed by atoms with Crippen LogP contribution in [-0.4, -0.2) is 24.9 Å². The maximum Gasteiger partial charge on any atom is 0.164 e. The van der Waals surface area contributed by atoms with E-state index in [1.165, 1.54) is 49.0 Å². The first kappa shape index (κ1) is 31.4. The summed E-state index contributed by atoms with van der Waals surface area (Å²) in [4.78, 5) is 23.1. The fourth-order valence-corrected chi connectivity index (χ4v) is 7.53. The SMILES string of the molecule is c1ccc(-c2cc(-c3cccc(-c4cccc(-c5nc(-c6ccncc6)nc(-c6ccncc6)n5)c4)c3)c3c4ccccc4c4ccccc4c3c2)cc1. The third-order valence-corrected chi connectivity index (χ3v) is 10.1. The Balaban J connectivity index is 1.15. The topological polar surface area (TPSA) is 64.5 Å². The maximum atomic E-state index is 4.96. The van der Waals surface area contributed by atoms with Crippen LogP contribution in [0.4, 0.5) is 0 Å². The molecule has 10 rings (SSSR count). The number of nitrogens with zero attached hydrogens (tertiary/aromatic N) is 5. The van der Waals surface area contributed by atoms with Crippen molar-refractivity contribution in [1.82, 2.24) is 24.9 Å². The van der Waals surface area contributed by atoms with Gasteiger partial charge in [0.15, 0.2) is 17.5 Å². The number of hydrogen-bond acceptors (Lipinski definition) is 5. The lowest BCUT2D eigenvalue weighted by molar-refractivity contribution is 1.07. The van der Waals surface area contributed by atoms with Crippen LogP contribution < -0.4 is 0 Å². The van der Waals surface area contributed by atoms with Crippen LogP contribution in [0.3, 0.4) is 0 Å². The molecule has 0 saturated carbocycles. The molecule has 0 aliphatic heterocycles. The Hall–Kier alpha value is -7.37. The number of aromatic nitrogens is 5. The molecule has 7 aromatic carbocycles. The summed E-state index contributed by atoms with van der Waals surface area (Å²) in [6, 6.07) is 58.0. The third kappa shape index (κ3) is 5.65. The number of pyridine rings is 2. The molecule has 0 fully saturated rings. The molecule has 5 nitrogen and oxygen atoms in total. The second-order valence-electron chi connectivity index (χ2n) is 13.3. The highest BCUT2D eigenvalue weighted by atomic mass is 15.0. The molecule has 3 heterocycles. The van der Waals surface area contributed by atoms with Crippen LogP contribution in [0.5, 0.6) is 0 Å². The van der Waals surface area contributed by atoms with Crippen molar-refractivity contribution in [3.05, 3.63) is 189 Å². The Bertz CT molecular complexity index is 2920. The van der Waals surface area contributed by atoms with Crippen LogP contribution in [-0.2, 0) is 0 Å². The molecule has 0 bridgehead atoms. The molecule has 5 heteroatoms. The van der Waals surface area contributed by atoms with Gasteiger partial charge in [-0.15, -0.1) is 0 Å². The lowest BCUT2D eigenvalue weighted by Crippen LogP contribution is -2.00. The summed E-state index contributed by atoms with van der Waals surface area (Å²) in [7, 11) is 0. The Kier molecular flexibility index (Phi) is 7.73. The number of hydrogen-bond donors (Lipinski definition) is 0. The number of fused-ring (bicyclic) bond motifs is 6. The van der Waals surface area contributed by atoms with Gasteiger partial charge in [-0.25, -0.2) is 15.0 Å².